The van der Waals surface area contributed by atoms with Crippen LogP contribution in [0.1, 0.15) is 0 Å². The van der Waals surface area contributed by atoms with Gasteiger partial charge in [0.05, 0.1) is 0 Å². The van der Waals surface area contributed by atoms with Crippen molar-refractivity contribution in [1.82, 2.24) is 0 Å². The maximum Gasteiger partial charge on any atom is 0.0312 e. The summed E-state index contributed by atoms with van der Waals surface area (Å²) in [5, 5.41) is 17.3. The van der Waals surface area contributed by atoms with Crippen molar-refractivity contribution in [2.45, 2.75) is 0 Å². The van der Waals surface area contributed by atoms with Crippen molar-refractivity contribution in [3.63, 3.8) is 0 Å². The molecule has 0 rings (SSSR count). The third-order valence-corrected chi connectivity index (χ3v) is 0.346. The smallest absolute Gasteiger partial charge is 0.0312 e. The van der Waals surface area contributed by atoms with Gasteiger partial charge in [-0.1, -0.05) is 0 Å². The SMILES string of the molecule is CSOOOOO. The van der Waals surface area contributed by atoms with E-state index in [1.807, 2.05) is 0 Å². The number of hydrogen-bond acceptors (Lipinski definition) is 6. The average Bonchev–Trinajstić information content (AvgIpc) is 1.69. The van der Waals surface area contributed by atoms with E-state index in [1.165, 1.54) is 0 Å². The van der Waals surface area contributed by atoms with Gasteiger partial charge in [0.15, 0.2) is 0 Å². The van der Waals surface area contributed by atoms with Crippen LogP contribution in [0.3, 0.4) is 0 Å². The molecule has 0 aliphatic rings. The highest BCUT2D eigenvalue weighted by atomic mass is 32.2. The van der Waals surface area contributed by atoms with Gasteiger partial charge in [-0.2, -0.15) is 0 Å². The van der Waals surface area contributed by atoms with E-state index in [4.69, 9.17) is 5.26 Å². The third kappa shape index (κ3) is 6.15. The Morgan fingerprint density at radius 3 is 2.57 bits per heavy atom. The highest BCUT2D eigenvalue weighted by molar-refractivity contribution is 7.93. The predicted octanol–water partition coefficient (Wildman–Crippen LogP) is 0.549. The largest absolute Gasteiger partial charge is 0.219 e. The molecule has 0 aliphatic heterocycles. The minimum absolute atomic E-state index is 0.903. The summed E-state index contributed by atoms with van der Waals surface area (Å²) in [5.41, 5.74) is 0. The second-order valence-electron chi connectivity index (χ2n) is 0.445. The summed E-state index contributed by atoms with van der Waals surface area (Å²) in [7, 11) is 0. The normalized spacial score (nSPS) is 9.43. The zero-order valence-electron chi connectivity index (χ0n) is 3.49. The molecule has 1 N–H and O–H groups in total. The molecule has 0 aliphatic carbocycles. The lowest BCUT2D eigenvalue weighted by Crippen LogP contribution is -1.88. The molecule has 0 saturated heterocycles. The Balaban J connectivity index is 2.45. The molecule has 0 radical (unpaired) electrons. The van der Waals surface area contributed by atoms with Crippen molar-refractivity contribution < 1.29 is 24.7 Å². The van der Waals surface area contributed by atoms with E-state index in [9.17, 15) is 0 Å². The molecule has 44 valence electrons. The lowest BCUT2D eigenvalue weighted by Gasteiger charge is -1.89. The molecule has 0 bridgehead atoms. The Morgan fingerprint density at radius 1 is 1.43 bits per heavy atom. The molecule has 0 fully saturated rings. The Labute approximate surface area is 44.0 Å². The Bertz CT molecular complexity index is 27.3. The van der Waals surface area contributed by atoms with Crippen LogP contribution < -0.4 is 0 Å². The first-order chi connectivity index (χ1) is 3.41. The van der Waals surface area contributed by atoms with Gasteiger partial charge in [-0.15, -0.1) is 4.33 Å². The Hall–Kier alpha value is 0.150. The van der Waals surface area contributed by atoms with Gasteiger partial charge in [0.2, 0.25) is 0 Å². The highest BCUT2D eigenvalue weighted by Gasteiger charge is 1.81. The molecule has 0 spiro atoms. The fourth-order valence-electron chi connectivity index (χ4n) is 0.0515. The monoisotopic (exact) mass is 128 g/mol. The fraction of sp³-hybridized carbons (Fsp3) is 1.00. The van der Waals surface area contributed by atoms with E-state index >= 15 is 0 Å². The summed E-state index contributed by atoms with van der Waals surface area (Å²) in [4.78, 5) is 0. The summed E-state index contributed by atoms with van der Waals surface area (Å²) in [6, 6.07) is 0. The first-order valence-electron chi connectivity index (χ1n) is 1.26. The zero-order valence-corrected chi connectivity index (χ0v) is 4.30. The van der Waals surface area contributed by atoms with Crippen LogP contribution in [0.5, 0.6) is 0 Å². The van der Waals surface area contributed by atoms with Gasteiger partial charge in [-0.25, -0.2) is 5.26 Å². The van der Waals surface area contributed by atoms with Crippen LogP contribution in [-0.2, 0) is 19.4 Å². The van der Waals surface area contributed by atoms with Gasteiger partial charge < -0.3 is 0 Å². The number of hydrogen-bond donors (Lipinski definition) is 1. The fourth-order valence-corrected chi connectivity index (χ4v) is 0.130. The summed E-state index contributed by atoms with van der Waals surface area (Å²) in [6.07, 6.45) is 1.60. The first kappa shape index (κ1) is 7.15. The molecular weight excluding hydrogens is 124 g/mol. The van der Waals surface area contributed by atoms with Gasteiger partial charge >= 0.3 is 0 Å². The van der Waals surface area contributed by atoms with E-state index in [0.29, 0.717) is 0 Å². The molecule has 0 aromatic rings. The van der Waals surface area contributed by atoms with Crippen LogP contribution in [0.25, 0.3) is 0 Å². The van der Waals surface area contributed by atoms with Crippen molar-refractivity contribution >= 4 is 12.0 Å². The molecule has 0 saturated carbocycles. The van der Waals surface area contributed by atoms with Crippen molar-refractivity contribution in [2.75, 3.05) is 6.26 Å². The van der Waals surface area contributed by atoms with E-state index < -0.39 is 0 Å². The van der Waals surface area contributed by atoms with Crippen LogP contribution in [0.2, 0.25) is 0 Å². The molecule has 0 aromatic heterocycles. The molecular formula is CH4O5S. The molecule has 0 atom stereocenters. The van der Waals surface area contributed by atoms with Crippen LogP contribution >= 0.6 is 12.0 Å². The minimum atomic E-state index is 0.903. The van der Waals surface area contributed by atoms with E-state index in [0.717, 1.165) is 12.0 Å². The molecule has 5 nitrogen and oxygen atoms in total. The van der Waals surface area contributed by atoms with Crippen LogP contribution in [0.15, 0.2) is 0 Å². The highest BCUT2D eigenvalue weighted by Crippen LogP contribution is 1.94. The maximum absolute atomic E-state index is 7.36. The number of rotatable bonds is 4. The van der Waals surface area contributed by atoms with Crippen LogP contribution in [-0.4, -0.2) is 11.5 Å². The molecule has 0 heterocycles. The topological polar surface area (TPSA) is 57.2 Å². The van der Waals surface area contributed by atoms with Crippen molar-refractivity contribution in [2.24, 2.45) is 0 Å². The summed E-state index contributed by atoms with van der Waals surface area (Å²) >= 11 is 0.903. The quantitative estimate of drug-likeness (QED) is 0.258. The molecule has 0 unspecified atom stereocenters. The summed E-state index contributed by atoms with van der Waals surface area (Å²) in [6.45, 7) is 0. The second-order valence-corrected chi connectivity index (χ2v) is 0.915. The second kappa shape index (κ2) is 6.15. The first-order valence-corrected chi connectivity index (χ1v) is 2.41. The van der Waals surface area contributed by atoms with Crippen LogP contribution in [0, 0.1) is 0 Å². The summed E-state index contributed by atoms with van der Waals surface area (Å²) in [5.74, 6) is 0. The van der Waals surface area contributed by atoms with Gasteiger partial charge in [0, 0.05) is 18.3 Å². The lowest BCUT2D eigenvalue weighted by atomic mass is 12.0. The lowest BCUT2D eigenvalue weighted by molar-refractivity contribution is -0.682. The summed E-state index contributed by atoms with van der Waals surface area (Å²) < 4.78 is 3.98. The van der Waals surface area contributed by atoms with Crippen molar-refractivity contribution in [3.05, 3.63) is 0 Å². The van der Waals surface area contributed by atoms with Gasteiger partial charge in [0.1, 0.15) is 0 Å². The van der Waals surface area contributed by atoms with Crippen LogP contribution in [0.4, 0.5) is 0 Å². The molecule has 0 amide bonds. The van der Waals surface area contributed by atoms with Gasteiger partial charge in [-0.3, -0.25) is 0 Å². The average molecular weight is 128 g/mol. The minimum Gasteiger partial charge on any atom is -0.219 e. The van der Waals surface area contributed by atoms with Gasteiger partial charge in [-0.05, 0) is 15.1 Å². The predicted molar refractivity (Wildman–Crippen MR) is 20.5 cm³/mol. The zero-order chi connectivity index (χ0) is 5.54. The standard InChI is InChI=1S/CH4O5S/c1-7-6-5-4-3-2/h2H,1H3. The Kier molecular flexibility index (Phi) is 6.28. The Morgan fingerprint density at radius 2 is 2.14 bits per heavy atom. The van der Waals surface area contributed by atoms with E-state index in [1.54, 1.807) is 6.26 Å². The van der Waals surface area contributed by atoms with Gasteiger partial charge in [0.25, 0.3) is 0 Å². The molecule has 7 heavy (non-hydrogen) atoms. The van der Waals surface area contributed by atoms with Crippen molar-refractivity contribution in [1.29, 1.82) is 0 Å². The maximum atomic E-state index is 7.36. The molecule has 0 aromatic carbocycles. The van der Waals surface area contributed by atoms with E-state index in [2.05, 4.69) is 19.4 Å². The third-order valence-electron chi connectivity index (χ3n) is 0.154. The molecule has 6 heteroatoms. The van der Waals surface area contributed by atoms with E-state index in [-0.39, 0.29) is 0 Å². The van der Waals surface area contributed by atoms with Crippen molar-refractivity contribution in [3.8, 4) is 0 Å².